The van der Waals surface area contributed by atoms with E-state index in [9.17, 15) is 18.3 Å². The summed E-state index contributed by atoms with van der Waals surface area (Å²) >= 11 is 0. The van der Waals surface area contributed by atoms with Gasteiger partial charge in [-0.15, -0.1) is 0 Å². The molecule has 8 heteroatoms. The van der Waals surface area contributed by atoms with E-state index in [1.54, 1.807) is 0 Å². The Bertz CT molecular complexity index is 339. The van der Waals surface area contributed by atoms with E-state index in [1.165, 1.54) is 0 Å². The minimum atomic E-state index is -3.55. The highest BCUT2D eigenvalue weighted by molar-refractivity contribution is 7.85. The number of amides is 1. The molecule has 1 rings (SSSR count). The lowest BCUT2D eigenvalue weighted by atomic mass is 10.1. The van der Waals surface area contributed by atoms with Crippen LogP contribution in [0.2, 0.25) is 0 Å². The van der Waals surface area contributed by atoms with Crippen molar-refractivity contribution in [3.8, 4) is 0 Å². The second kappa shape index (κ2) is 4.33. The van der Waals surface area contributed by atoms with Crippen molar-refractivity contribution in [2.75, 3.05) is 26.0 Å². The largest absolute Gasteiger partial charge is 0.465 e. The van der Waals surface area contributed by atoms with Crippen molar-refractivity contribution in [2.45, 2.75) is 6.10 Å². The zero-order valence-corrected chi connectivity index (χ0v) is 8.98. The molecular formula is C7H13NO6S. The Morgan fingerprint density at radius 2 is 2.13 bits per heavy atom. The van der Waals surface area contributed by atoms with Crippen LogP contribution in [0.25, 0.3) is 0 Å². The number of rotatable bonds is 3. The Kier molecular flexibility index (Phi) is 3.53. The fourth-order valence-electron chi connectivity index (χ4n) is 1.39. The van der Waals surface area contributed by atoms with Crippen molar-refractivity contribution in [3.63, 3.8) is 0 Å². The number of carboxylic acid groups (broad SMARTS) is 1. The molecule has 1 aliphatic heterocycles. The van der Waals surface area contributed by atoms with Gasteiger partial charge in [-0.2, -0.15) is 8.42 Å². The molecule has 0 saturated carbocycles. The van der Waals surface area contributed by atoms with Gasteiger partial charge < -0.3 is 15.1 Å². The van der Waals surface area contributed by atoms with Gasteiger partial charge in [0.25, 0.3) is 10.1 Å². The maximum absolute atomic E-state index is 10.7. The number of aliphatic hydroxyl groups excluding tert-OH is 1. The first kappa shape index (κ1) is 12.2. The second-order valence-electron chi connectivity index (χ2n) is 3.50. The molecule has 0 aliphatic carbocycles. The van der Waals surface area contributed by atoms with Gasteiger partial charge in [-0.1, -0.05) is 0 Å². The molecular weight excluding hydrogens is 226 g/mol. The van der Waals surface area contributed by atoms with Gasteiger partial charge in [0.2, 0.25) is 0 Å². The normalized spacial score (nSPS) is 26.9. The smallest absolute Gasteiger partial charge is 0.407 e. The minimum absolute atomic E-state index is 0.00682. The summed E-state index contributed by atoms with van der Waals surface area (Å²) in [4.78, 5) is 11.6. The van der Waals surface area contributed by atoms with E-state index < -0.39 is 28.2 Å². The van der Waals surface area contributed by atoms with Gasteiger partial charge >= 0.3 is 6.09 Å². The molecule has 1 fully saturated rings. The predicted octanol–water partition coefficient (Wildman–Crippen LogP) is -1.07. The van der Waals surface area contributed by atoms with E-state index >= 15 is 0 Å². The van der Waals surface area contributed by atoms with E-state index in [2.05, 4.69) is 4.18 Å². The Hall–Kier alpha value is -0.860. The standard InChI is InChI=1S/C7H13NO6S/c1-15(12,13)14-4-5-2-8(7(10)11)3-6(5)9/h5-6,9H,2-4H2,1H3,(H,10,11)/t5-,6+/m0/s1. The Labute approximate surface area is 87.4 Å². The third-order valence-electron chi connectivity index (χ3n) is 2.17. The van der Waals surface area contributed by atoms with E-state index in [4.69, 9.17) is 5.11 Å². The van der Waals surface area contributed by atoms with Gasteiger partial charge in [0, 0.05) is 12.5 Å². The summed E-state index contributed by atoms with van der Waals surface area (Å²) in [6.07, 6.45) is -1.10. The summed E-state index contributed by atoms with van der Waals surface area (Å²) in [7, 11) is -3.55. The summed E-state index contributed by atoms with van der Waals surface area (Å²) < 4.78 is 25.9. The molecule has 2 atom stereocenters. The lowest BCUT2D eigenvalue weighted by Gasteiger charge is -2.11. The van der Waals surface area contributed by atoms with Crippen LogP contribution < -0.4 is 0 Å². The van der Waals surface area contributed by atoms with Crippen molar-refractivity contribution < 1.29 is 27.6 Å². The average Bonchev–Trinajstić information content (AvgIpc) is 2.42. The van der Waals surface area contributed by atoms with E-state index in [0.717, 1.165) is 11.2 Å². The number of hydrogen-bond donors (Lipinski definition) is 2. The monoisotopic (exact) mass is 239 g/mol. The molecule has 0 radical (unpaired) electrons. The number of aliphatic hydroxyl groups is 1. The summed E-state index contributed by atoms with van der Waals surface area (Å²) in [5.74, 6) is -0.490. The molecule has 0 aromatic rings. The summed E-state index contributed by atoms with van der Waals surface area (Å²) in [6.45, 7) is -0.108. The van der Waals surface area contributed by atoms with Crippen LogP contribution in [0.3, 0.4) is 0 Å². The van der Waals surface area contributed by atoms with Gasteiger partial charge in [0.05, 0.1) is 25.5 Å². The highest BCUT2D eigenvalue weighted by atomic mass is 32.2. The first-order chi connectivity index (χ1) is 6.79. The SMILES string of the molecule is CS(=O)(=O)OC[C@@H]1CN(C(=O)O)C[C@H]1O. The molecule has 0 aromatic carbocycles. The topological polar surface area (TPSA) is 104 Å². The van der Waals surface area contributed by atoms with Crippen molar-refractivity contribution >= 4 is 16.2 Å². The van der Waals surface area contributed by atoms with E-state index in [0.29, 0.717) is 0 Å². The van der Waals surface area contributed by atoms with Gasteiger partial charge in [0.15, 0.2) is 0 Å². The molecule has 0 aromatic heterocycles. The highest BCUT2D eigenvalue weighted by Crippen LogP contribution is 2.17. The number of nitrogens with zero attached hydrogens (tertiary/aromatic N) is 1. The molecule has 15 heavy (non-hydrogen) atoms. The Morgan fingerprint density at radius 3 is 2.53 bits per heavy atom. The molecule has 0 spiro atoms. The number of hydrogen-bond acceptors (Lipinski definition) is 5. The maximum atomic E-state index is 10.7. The zero-order valence-electron chi connectivity index (χ0n) is 8.16. The van der Waals surface area contributed by atoms with Gasteiger partial charge in [0.1, 0.15) is 0 Å². The van der Waals surface area contributed by atoms with Gasteiger partial charge in [-0.05, 0) is 0 Å². The quantitative estimate of drug-likeness (QED) is 0.608. The predicted molar refractivity (Wildman–Crippen MR) is 49.9 cm³/mol. The summed E-state index contributed by atoms with van der Waals surface area (Å²) in [5, 5.41) is 18.1. The molecule has 88 valence electrons. The van der Waals surface area contributed by atoms with Crippen molar-refractivity contribution in [1.29, 1.82) is 0 Å². The molecule has 1 saturated heterocycles. The number of carbonyl (C=O) groups is 1. The average molecular weight is 239 g/mol. The van der Waals surface area contributed by atoms with Crippen molar-refractivity contribution in [2.24, 2.45) is 5.92 Å². The van der Waals surface area contributed by atoms with Crippen molar-refractivity contribution in [1.82, 2.24) is 4.90 Å². The van der Waals surface area contributed by atoms with Crippen LogP contribution in [0.4, 0.5) is 4.79 Å². The minimum Gasteiger partial charge on any atom is -0.465 e. The lowest BCUT2D eigenvalue weighted by molar-refractivity contribution is 0.112. The van der Waals surface area contributed by atoms with Crippen LogP contribution in [0.1, 0.15) is 0 Å². The van der Waals surface area contributed by atoms with Crippen LogP contribution in [0, 0.1) is 5.92 Å². The lowest BCUT2D eigenvalue weighted by Crippen LogP contribution is -2.27. The molecule has 7 nitrogen and oxygen atoms in total. The third-order valence-corrected chi connectivity index (χ3v) is 2.74. The first-order valence-electron chi connectivity index (χ1n) is 4.30. The maximum Gasteiger partial charge on any atom is 0.407 e. The van der Waals surface area contributed by atoms with Crippen LogP contribution in [0.5, 0.6) is 0 Å². The number of β-amino-alcohol motifs (C(OH)–C–C–N with tert-alkyl or cyclic N) is 1. The van der Waals surface area contributed by atoms with Crippen molar-refractivity contribution in [3.05, 3.63) is 0 Å². The van der Waals surface area contributed by atoms with Gasteiger partial charge in [-0.25, -0.2) is 4.79 Å². The van der Waals surface area contributed by atoms with Crippen LogP contribution in [0.15, 0.2) is 0 Å². The molecule has 2 N–H and O–H groups in total. The highest BCUT2D eigenvalue weighted by Gasteiger charge is 2.34. The molecule has 1 heterocycles. The number of likely N-dealkylation sites (tertiary alicyclic amines) is 1. The molecule has 0 unspecified atom stereocenters. The second-order valence-corrected chi connectivity index (χ2v) is 5.15. The first-order valence-corrected chi connectivity index (χ1v) is 6.11. The van der Waals surface area contributed by atoms with Crippen LogP contribution in [-0.4, -0.2) is 61.7 Å². The van der Waals surface area contributed by atoms with E-state index in [1.807, 2.05) is 0 Å². The fraction of sp³-hybridized carbons (Fsp3) is 0.857. The fourth-order valence-corrected chi connectivity index (χ4v) is 1.81. The Balaban J connectivity index is 2.48. The molecule has 0 bridgehead atoms. The molecule has 1 amide bonds. The zero-order chi connectivity index (χ0) is 11.6. The third kappa shape index (κ3) is 3.65. The van der Waals surface area contributed by atoms with Gasteiger partial charge in [-0.3, -0.25) is 4.18 Å². The molecule has 1 aliphatic rings. The summed E-state index contributed by atoms with van der Waals surface area (Å²) in [5.41, 5.74) is 0. The van der Waals surface area contributed by atoms with Crippen LogP contribution in [-0.2, 0) is 14.3 Å². The van der Waals surface area contributed by atoms with Crippen LogP contribution >= 0.6 is 0 Å². The Morgan fingerprint density at radius 1 is 1.53 bits per heavy atom. The summed E-state index contributed by atoms with van der Waals surface area (Å²) in [6, 6.07) is 0. The van der Waals surface area contributed by atoms with E-state index in [-0.39, 0.29) is 19.7 Å².